The first-order chi connectivity index (χ1) is 12.4. The van der Waals surface area contributed by atoms with Crippen LogP contribution in [0.4, 0.5) is 0 Å². The van der Waals surface area contributed by atoms with E-state index in [0.29, 0.717) is 0 Å². The molecule has 7 nitrogen and oxygen atoms in total. The number of nitrogens with two attached hydrogens (primary N) is 1. The monoisotopic (exact) mass is 379 g/mol. The van der Waals surface area contributed by atoms with Crippen LogP contribution in [-0.4, -0.2) is 64.3 Å². The Morgan fingerprint density at radius 1 is 1.38 bits per heavy atom. The molecule has 0 saturated carbocycles. The van der Waals surface area contributed by atoms with Gasteiger partial charge in [-0.2, -0.15) is 0 Å². The second kappa shape index (κ2) is 7.96. The predicted octanol–water partition coefficient (Wildman–Crippen LogP) is 0.637. The third kappa shape index (κ3) is 4.03. The van der Waals surface area contributed by atoms with E-state index >= 15 is 0 Å². The molecule has 2 heterocycles. The van der Waals surface area contributed by atoms with Crippen molar-refractivity contribution >= 4 is 23.7 Å². The van der Waals surface area contributed by atoms with E-state index < -0.39 is 23.4 Å². The highest BCUT2D eigenvalue weighted by atomic mass is 32.2. The summed E-state index contributed by atoms with van der Waals surface area (Å²) >= 11 is 1.49. The van der Waals surface area contributed by atoms with Gasteiger partial charge in [0.05, 0.1) is 5.37 Å². The maximum atomic E-state index is 12.8. The average Bonchev–Trinajstić information content (AvgIpc) is 3.02. The summed E-state index contributed by atoms with van der Waals surface area (Å²) in [6, 6.07) is 7.88. The highest BCUT2D eigenvalue weighted by molar-refractivity contribution is 8.01. The largest absolute Gasteiger partial charge is 0.480 e. The Morgan fingerprint density at radius 2 is 2.04 bits per heavy atom. The van der Waals surface area contributed by atoms with Crippen molar-refractivity contribution in [1.82, 2.24) is 10.2 Å². The molecule has 1 aromatic carbocycles. The minimum Gasteiger partial charge on any atom is -0.480 e. The van der Waals surface area contributed by atoms with Crippen LogP contribution in [0.5, 0.6) is 0 Å². The average molecular weight is 379 g/mol. The Labute approximate surface area is 157 Å². The first-order valence-electron chi connectivity index (χ1n) is 8.73. The van der Waals surface area contributed by atoms with Crippen molar-refractivity contribution in [2.24, 2.45) is 5.73 Å². The standard InChI is InChI=1S/C18H25N3O4S/c1-21-9-7-18(8-10-21)14(20-15(26-18)13(19)16(22)23)17(24)25-11-12-5-3-2-4-6-12/h2-6,13-15,20H,7-11,19H2,1H3,(H,22,23). The maximum Gasteiger partial charge on any atom is 0.324 e. The molecule has 0 bridgehead atoms. The van der Waals surface area contributed by atoms with Gasteiger partial charge in [0, 0.05) is 4.75 Å². The van der Waals surface area contributed by atoms with Gasteiger partial charge < -0.3 is 20.5 Å². The van der Waals surface area contributed by atoms with Crippen molar-refractivity contribution in [1.29, 1.82) is 0 Å². The summed E-state index contributed by atoms with van der Waals surface area (Å²) in [6.45, 7) is 1.91. The zero-order chi connectivity index (χ0) is 18.7. The molecule has 1 spiro atoms. The highest BCUT2D eigenvalue weighted by Crippen LogP contribution is 2.46. The molecule has 4 N–H and O–H groups in total. The van der Waals surface area contributed by atoms with Crippen LogP contribution in [0.1, 0.15) is 18.4 Å². The van der Waals surface area contributed by atoms with Crippen LogP contribution in [0.25, 0.3) is 0 Å². The number of nitrogens with zero attached hydrogens (tertiary/aromatic N) is 1. The molecule has 2 fully saturated rings. The number of aliphatic carboxylic acids is 1. The molecule has 3 atom stereocenters. The lowest BCUT2D eigenvalue weighted by Gasteiger charge is -2.39. The summed E-state index contributed by atoms with van der Waals surface area (Å²) in [5, 5.41) is 11.9. The molecule has 0 aromatic heterocycles. The Hall–Kier alpha value is -1.61. The second-order valence-corrected chi connectivity index (χ2v) is 8.52. The molecular weight excluding hydrogens is 354 g/mol. The van der Waals surface area contributed by atoms with Crippen molar-refractivity contribution in [2.45, 2.75) is 41.7 Å². The zero-order valence-corrected chi connectivity index (χ0v) is 15.6. The fourth-order valence-electron chi connectivity index (χ4n) is 3.48. The second-order valence-electron chi connectivity index (χ2n) is 6.96. The fourth-order valence-corrected chi connectivity index (χ4v) is 5.17. The Morgan fingerprint density at radius 3 is 2.65 bits per heavy atom. The molecule has 0 aliphatic carbocycles. The van der Waals surface area contributed by atoms with Crippen LogP contribution in [0.2, 0.25) is 0 Å². The van der Waals surface area contributed by atoms with Crippen molar-refractivity contribution in [2.75, 3.05) is 20.1 Å². The number of piperidine rings is 1. The van der Waals surface area contributed by atoms with Gasteiger partial charge in [0.15, 0.2) is 0 Å². The Kier molecular flexibility index (Phi) is 5.86. The molecule has 2 aliphatic rings. The number of thioether (sulfide) groups is 1. The van der Waals surface area contributed by atoms with Gasteiger partial charge in [0.25, 0.3) is 0 Å². The molecule has 8 heteroatoms. The molecule has 2 aliphatic heterocycles. The number of likely N-dealkylation sites (tertiary alicyclic amines) is 1. The molecule has 26 heavy (non-hydrogen) atoms. The van der Waals surface area contributed by atoms with Gasteiger partial charge >= 0.3 is 11.9 Å². The number of carbonyl (C=O) groups excluding carboxylic acids is 1. The van der Waals surface area contributed by atoms with Gasteiger partial charge in [-0.25, -0.2) is 0 Å². The number of rotatable bonds is 5. The van der Waals surface area contributed by atoms with Crippen molar-refractivity contribution in [3.63, 3.8) is 0 Å². The summed E-state index contributed by atoms with van der Waals surface area (Å²) < 4.78 is 5.16. The third-order valence-corrected chi connectivity index (χ3v) is 6.92. The minimum absolute atomic E-state index is 0.203. The maximum absolute atomic E-state index is 12.8. The number of carbonyl (C=O) groups is 2. The summed E-state index contributed by atoms with van der Waals surface area (Å²) in [5.41, 5.74) is 6.74. The van der Waals surface area contributed by atoms with Crippen molar-refractivity contribution < 1.29 is 19.4 Å². The number of benzene rings is 1. The SMILES string of the molecule is CN1CCC2(CC1)SC(C(N)C(=O)O)NC2C(=O)OCc1ccccc1. The van der Waals surface area contributed by atoms with E-state index in [4.69, 9.17) is 10.5 Å². The molecule has 142 valence electrons. The Bertz CT molecular complexity index is 649. The van der Waals surface area contributed by atoms with Crippen LogP contribution in [0.3, 0.4) is 0 Å². The lowest BCUT2D eigenvalue weighted by molar-refractivity contribution is -0.149. The van der Waals surface area contributed by atoms with E-state index in [1.54, 1.807) is 0 Å². The van der Waals surface area contributed by atoms with Crippen molar-refractivity contribution in [3.05, 3.63) is 35.9 Å². The van der Waals surface area contributed by atoms with Crippen LogP contribution in [-0.2, 0) is 20.9 Å². The third-order valence-electron chi connectivity index (χ3n) is 5.12. The van der Waals surface area contributed by atoms with Gasteiger partial charge in [-0.3, -0.25) is 14.9 Å². The number of carboxylic acids is 1. The molecule has 3 rings (SSSR count). The van der Waals surface area contributed by atoms with Crippen molar-refractivity contribution in [3.8, 4) is 0 Å². The topological polar surface area (TPSA) is 105 Å². The van der Waals surface area contributed by atoms with Crippen LogP contribution in [0.15, 0.2) is 30.3 Å². The zero-order valence-electron chi connectivity index (χ0n) is 14.8. The number of hydrogen-bond acceptors (Lipinski definition) is 7. The Balaban J connectivity index is 1.73. The van der Waals surface area contributed by atoms with E-state index in [-0.39, 0.29) is 17.3 Å². The van der Waals surface area contributed by atoms with E-state index in [0.717, 1.165) is 31.5 Å². The number of carboxylic acid groups (broad SMARTS) is 1. The lowest BCUT2D eigenvalue weighted by Crippen LogP contribution is -2.54. The van der Waals surface area contributed by atoms with E-state index in [1.807, 2.05) is 37.4 Å². The van der Waals surface area contributed by atoms with Gasteiger partial charge in [-0.15, -0.1) is 11.8 Å². The first kappa shape index (κ1) is 19.2. The van der Waals surface area contributed by atoms with Gasteiger partial charge in [0.1, 0.15) is 18.7 Å². The van der Waals surface area contributed by atoms with Crippen LogP contribution >= 0.6 is 11.8 Å². The molecular formula is C18H25N3O4S. The summed E-state index contributed by atoms with van der Waals surface area (Å²) in [6.07, 6.45) is 1.57. The predicted molar refractivity (Wildman–Crippen MR) is 99.6 cm³/mol. The molecule has 3 unspecified atom stereocenters. The van der Waals surface area contributed by atoms with Crippen LogP contribution in [0, 0.1) is 0 Å². The van der Waals surface area contributed by atoms with Crippen LogP contribution < -0.4 is 11.1 Å². The number of hydrogen-bond donors (Lipinski definition) is 3. The number of esters is 1. The molecule has 2 saturated heterocycles. The molecule has 0 radical (unpaired) electrons. The van der Waals surface area contributed by atoms with E-state index in [1.165, 1.54) is 11.8 Å². The molecule has 1 aromatic rings. The number of ether oxygens (including phenoxy) is 1. The molecule has 0 amide bonds. The summed E-state index contributed by atoms with van der Waals surface area (Å²) in [5.74, 6) is -1.41. The summed E-state index contributed by atoms with van der Waals surface area (Å²) in [7, 11) is 2.04. The first-order valence-corrected chi connectivity index (χ1v) is 9.61. The van der Waals surface area contributed by atoms with E-state index in [9.17, 15) is 14.7 Å². The quantitative estimate of drug-likeness (QED) is 0.640. The smallest absolute Gasteiger partial charge is 0.324 e. The normalized spacial score (nSPS) is 26.5. The van der Waals surface area contributed by atoms with Gasteiger partial charge in [0.2, 0.25) is 0 Å². The minimum atomic E-state index is -1.07. The fraction of sp³-hybridized carbons (Fsp3) is 0.556. The highest BCUT2D eigenvalue weighted by Gasteiger charge is 2.54. The summed E-state index contributed by atoms with van der Waals surface area (Å²) in [4.78, 5) is 26.3. The number of nitrogens with one attached hydrogen (secondary N) is 1. The lowest BCUT2D eigenvalue weighted by atomic mass is 9.88. The van der Waals surface area contributed by atoms with Gasteiger partial charge in [-0.05, 0) is 38.5 Å². The van der Waals surface area contributed by atoms with E-state index in [2.05, 4.69) is 10.2 Å². The van der Waals surface area contributed by atoms with Gasteiger partial charge in [-0.1, -0.05) is 30.3 Å².